The lowest BCUT2D eigenvalue weighted by Crippen LogP contribution is -2.51. The summed E-state index contributed by atoms with van der Waals surface area (Å²) in [5.41, 5.74) is 3.59. The number of hydrogen-bond acceptors (Lipinski definition) is 7. The summed E-state index contributed by atoms with van der Waals surface area (Å²) in [7, 11) is 3.57. The summed E-state index contributed by atoms with van der Waals surface area (Å²) in [6, 6.07) is 16.5. The summed E-state index contributed by atoms with van der Waals surface area (Å²) in [5.74, 6) is 1.77. The number of likely N-dealkylation sites (N-methyl/N-ethyl adjacent to an activating group) is 1. The van der Waals surface area contributed by atoms with Gasteiger partial charge in [-0.3, -0.25) is 4.79 Å². The van der Waals surface area contributed by atoms with Gasteiger partial charge < -0.3 is 19.4 Å². The lowest BCUT2D eigenvalue weighted by Gasteiger charge is -2.36. The molecule has 32 heavy (non-hydrogen) atoms. The van der Waals surface area contributed by atoms with Crippen LogP contribution in [0.3, 0.4) is 0 Å². The quantitative estimate of drug-likeness (QED) is 0.550. The van der Waals surface area contributed by atoms with Gasteiger partial charge in [-0.05, 0) is 36.8 Å². The minimum absolute atomic E-state index is 0.122. The number of ether oxygens (including phenoxy) is 1. The van der Waals surface area contributed by atoms with Crippen molar-refractivity contribution in [1.29, 1.82) is 0 Å². The lowest BCUT2D eigenvalue weighted by atomic mass is 10.1. The number of amides is 1. The number of nitrogens with zero attached hydrogens (tertiary/aromatic N) is 5. The third-order valence-electron chi connectivity index (χ3n) is 5.71. The maximum atomic E-state index is 12.8. The predicted molar refractivity (Wildman–Crippen MR) is 129 cm³/mol. The molecule has 168 valence electrons. The van der Waals surface area contributed by atoms with Crippen LogP contribution in [0.1, 0.15) is 17.0 Å². The second-order valence-corrected chi connectivity index (χ2v) is 8.81. The van der Waals surface area contributed by atoms with Crippen molar-refractivity contribution < 1.29 is 9.53 Å². The van der Waals surface area contributed by atoms with Crippen LogP contribution in [0.2, 0.25) is 0 Å². The number of carbonyl (C=O) groups is 1. The van der Waals surface area contributed by atoms with E-state index >= 15 is 0 Å². The van der Waals surface area contributed by atoms with Crippen molar-refractivity contribution in [1.82, 2.24) is 14.3 Å². The Morgan fingerprint density at radius 3 is 2.41 bits per heavy atom. The summed E-state index contributed by atoms with van der Waals surface area (Å²) in [6.07, 6.45) is 0.700. The van der Waals surface area contributed by atoms with Gasteiger partial charge in [0.15, 0.2) is 0 Å². The van der Waals surface area contributed by atoms with Crippen molar-refractivity contribution in [3.05, 3.63) is 65.5 Å². The van der Waals surface area contributed by atoms with Gasteiger partial charge >= 0.3 is 0 Å². The van der Waals surface area contributed by atoms with Gasteiger partial charge in [-0.25, -0.2) is 4.98 Å². The molecule has 7 nitrogen and oxygen atoms in total. The number of hydrogen-bond donors (Lipinski definition) is 0. The molecular weight excluding hydrogens is 422 g/mol. The third-order valence-corrected chi connectivity index (χ3v) is 6.58. The molecule has 1 amide bonds. The zero-order valence-corrected chi connectivity index (χ0v) is 19.6. The van der Waals surface area contributed by atoms with Crippen LogP contribution >= 0.6 is 11.5 Å². The van der Waals surface area contributed by atoms with Gasteiger partial charge in [0.05, 0.1) is 13.7 Å². The van der Waals surface area contributed by atoms with E-state index in [1.165, 1.54) is 22.7 Å². The Kier molecular flexibility index (Phi) is 6.90. The molecule has 1 aromatic heterocycles. The highest BCUT2D eigenvalue weighted by Crippen LogP contribution is 2.21. The summed E-state index contributed by atoms with van der Waals surface area (Å²) in [6.45, 7) is 5.46. The van der Waals surface area contributed by atoms with Gasteiger partial charge in [-0.2, -0.15) is 4.37 Å². The number of methoxy groups -OCH3 is 1. The number of anilines is 2. The first-order chi connectivity index (χ1) is 15.5. The van der Waals surface area contributed by atoms with Crippen molar-refractivity contribution in [2.24, 2.45) is 0 Å². The third kappa shape index (κ3) is 5.37. The SMILES string of the molecule is COc1ccc(N2CCN(C(=O)CN(C)c3nc(Cc4ccc(C)cc4)ns3)CC2)cc1. The van der Waals surface area contributed by atoms with Crippen LogP contribution in [0, 0.1) is 6.92 Å². The molecule has 1 saturated heterocycles. The molecule has 1 fully saturated rings. The van der Waals surface area contributed by atoms with Gasteiger partial charge in [-0.15, -0.1) is 0 Å². The fourth-order valence-electron chi connectivity index (χ4n) is 3.74. The smallest absolute Gasteiger partial charge is 0.242 e. The van der Waals surface area contributed by atoms with Crippen LogP contribution in [-0.4, -0.2) is 67.0 Å². The van der Waals surface area contributed by atoms with Gasteiger partial charge in [-0.1, -0.05) is 29.8 Å². The molecule has 0 bridgehead atoms. The average molecular weight is 452 g/mol. The monoisotopic (exact) mass is 451 g/mol. The Hall–Kier alpha value is -3.13. The first kappa shape index (κ1) is 22.1. The normalized spacial score (nSPS) is 13.8. The molecule has 1 aliphatic heterocycles. The van der Waals surface area contributed by atoms with Crippen molar-refractivity contribution in [2.75, 3.05) is 56.7 Å². The number of piperazine rings is 1. The summed E-state index contributed by atoms with van der Waals surface area (Å²) >= 11 is 1.34. The molecular formula is C24H29N5O2S. The van der Waals surface area contributed by atoms with Crippen LogP contribution in [0.4, 0.5) is 10.8 Å². The van der Waals surface area contributed by atoms with Crippen LogP contribution < -0.4 is 14.5 Å². The van der Waals surface area contributed by atoms with E-state index in [-0.39, 0.29) is 5.91 Å². The maximum Gasteiger partial charge on any atom is 0.242 e. The van der Waals surface area contributed by atoms with Crippen molar-refractivity contribution >= 4 is 28.3 Å². The van der Waals surface area contributed by atoms with E-state index in [4.69, 9.17) is 4.74 Å². The molecule has 3 aromatic rings. The van der Waals surface area contributed by atoms with Crippen molar-refractivity contribution in [3.8, 4) is 5.75 Å². The van der Waals surface area contributed by atoms with E-state index in [9.17, 15) is 4.79 Å². The second kappa shape index (κ2) is 9.99. The van der Waals surface area contributed by atoms with Gasteiger partial charge in [0.2, 0.25) is 11.0 Å². The summed E-state index contributed by atoms with van der Waals surface area (Å²) < 4.78 is 9.71. The number of carbonyl (C=O) groups excluding carboxylic acids is 1. The molecule has 0 unspecified atom stereocenters. The number of benzene rings is 2. The van der Waals surface area contributed by atoms with E-state index in [0.29, 0.717) is 26.1 Å². The maximum absolute atomic E-state index is 12.8. The highest BCUT2D eigenvalue weighted by molar-refractivity contribution is 7.09. The molecule has 0 radical (unpaired) electrons. The van der Waals surface area contributed by atoms with E-state index in [1.807, 2.05) is 29.0 Å². The standard InChI is InChI=1S/C24H29N5O2S/c1-18-4-6-19(7-5-18)16-22-25-24(32-26-22)27(2)17-23(30)29-14-12-28(13-15-29)20-8-10-21(31-3)11-9-20/h4-11H,12-17H2,1-3H3. The molecule has 0 spiro atoms. The predicted octanol–water partition coefficient (Wildman–Crippen LogP) is 3.23. The molecule has 1 aliphatic rings. The van der Waals surface area contributed by atoms with E-state index < -0.39 is 0 Å². The van der Waals surface area contributed by atoms with Crippen molar-refractivity contribution in [2.45, 2.75) is 13.3 Å². The highest BCUT2D eigenvalue weighted by atomic mass is 32.1. The summed E-state index contributed by atoms with van der Waals surface area (Å²) in [4.78, 5) is 23.6. The Morgan fingerprint density at radius 2 is 1.75 bits per heavy atom. The topological polar surface area (TPSA) is 61.8 Å². The largest absolute Gasteiger partial charge is 0.497 e. The molecule has 2 aromatic carbocycles. The Balaban J connectivity index is 1.27. The molecule has 0 aliphatic carbocycles. The van der Waals surface area contributed by atoms with Crippen LogP contribution in [-0.2, 0) is 11.2 Å². The minimum Gasteiger partial charge on any atom is -0.497 e. The summed E-state index contributed by atoms with van der Waals surface area (Å²) in [5, 5.41) is 0.775. The van der Waals surface area contributed by atoms with Crippen LogP contribution in [0.15, 0.2) is 48.5 Å². The molecule has 2 heterocycles. The Bertz CT molecular complexity index is 1030. The van der Waals surface area contributed by atoms with Gasteiger partial charge in [0.25, 0.3) is 0 Å². The fourth-order valence-corrected chi connectivity index (χ4v) is 4.38. The molecule has 0 atom stereocenters. The van der Waals surface area contributed by atoms with Gasteiger partial charge in [0.1, 0.15) is 11.6 Å². The average Bonchev–Trinajstić information content (AvgIpc) is 3.29. The second-order valence-electron chi connectivity index (χ2n) is 8.08. The fraction of sp³-hybridized carbons (Fsp3) is 0.375. The number of aryl methyl sites for hydroxylation is 1. The van der Waals surface area contributed by atoms with Crippen LogP contribution in [0.5, 0.6) is 5.75 Å². The van der Waals surface area contributed by atoms with Crippen LogP contribution in [0.25, 0.3) is 0 Å². The van der Waals surface area contributed by atoms with Crippen molar-refractivity contribution in [3.63, 3.8) is 0 Å². The number of aromatic nitrogens is 2. The van der Waals surface area contributed by atoms with E-state index in [1.54, 1.807) is 7.11 Å². The van der Waals surface area contributed by atoms with E-state index in [2.05, 4.69) is 57.6 Å². The van der Waals surface area contributed by atoms with Gasteiger partial charge in [0, 0.05) is 56.9 Å². The molecule has 0 N–H and O–H groups in total. The van der Waals surface area contributed by atoms with E-state index in [0.717, 1.165) is 35.5 Å². The first-order valence-corrected chi connectivity index (χ1v) is 11.5. The minimum atomic E-state index is 0.122. The first-order valence-electron chi connectivity index (χ1n) is 10.8. The highest BCUT2D eigenvalue weighted by Gasteiger charge is 2.23. The molecule has 4 rings (SSSR count). The Labute approximate surface area is 193 Å². The zero-order valence-electron chi connectivity index (χ0n) is 18.8. The molecule has 0 saturated carbocycles. The molecule has 8 heteroatoms. The zero-order chi connectivity index (χ0) is 22.5. The Morgan fingerprint density at radius 1 is 1.06 bits per heavy atom. The lowest BCUT2D eigenvalue weighted by molar-refractivity contribution is -0.129. The number of rotatable bonds is 7.